The number of benzene rings is 2. The minimum Gasteiger partial charge on any atom is -0.306 e. The second-order valence-corrected chi connectivity index (χ2v) is 5.89. The van der Waals surface area contributed by atoms with Gasteiger partial charge in [-0.3, -0.25) is 0 Å². The number of hydrogen-bond donors (Lipinski definition) is 1. The predicted molar refractivity (Wildman–Crippen MR) is 88.1 cm³/mol. The van der Waals surface area contributed by atoms with Crippen molar-refractivity contribution in [3.63, 3.8) is 0 Å². The lowest BCUT2D eigenvalue weighted by Crippen LogP contribution is -2.23. The summed E-state index contributed by atoms with van der Waals surface area (Å²) in [4.78, 5) is 0. The number of rotatable bonds is 5. The second kappa shape index (κ2) is 7.33. The molecule has 1 N–H and O–H groups in total. The maximum absolute atomic E-state index is 6.32. The zero-order chi connectivity index (χ0) is 14.5. The number of halogens is 3. The minimum atomic E-state index is -0.0140. The Morgan fingerprint density at radius 3 is 2.25 bits per heavy atom. The predicted octanol–water partition coefficient (Wildman–Crippen LogP) is 5.74. The molecule has 1 unspecified atom stereocenters. The van der Waals surface area contributed by atoms with Crippen LogP contribution in [-0.4, -0.2) is 6.54 Å². The molecule has 1 atom stereocenters. The summed E-state index contributed by atoms with van der Waals surface area (Å²) in [7, 11) is 0. The van der Waals surface area contributed by atoms with Crippen molar-refractivity contribution in [3.8, 4) is 0 Å². The Morgan fingerprint density at radius 2 is 1.65 bits per heavy atom. The molecule has 0 aliphatic rings. The fourth-order valence-corrected chi connectivity index (χ4v) is 2.93. The Hall–Kier alpha value is -0.730. The topological polar surface area (TPSA) is 12.0 Å². The van der Waals surface area contributed by atoms with Gasteiger partial charge in [-0.05, 0) is 48.4 Å². The molecule has 0 heterocycles. The van der Waals surface area contributed by atoms with Gasteiger partial charge in [0.05, 0.1) is 6.04 Å². The molecule has 20 heavy (non-hydrogen) atoms. The molecule has 2 aromatic rings. The molecule has 0 aromatic heterocycles. The zero-order valence-corrected chi connectivity index (χ0v) is 13.4. The summed E-state index contributed by atoms with van der Waals surface area (Å²) in [5, 5.41) is 5.48. The fraction of sp³-hybridized carbons (Fsp3) is 0.250. The summed E-state index contributed by atoms with van der Waals surface area (Å²) in [6.07, 6.45) is 1.04. The summed E-state index contributed by atoms with van der Waals surface area (Å²) >= 11 is 18.5. The average Bonchev–Trinajstić information content (AvgIpc) is 2.40. The molecule has 0 fully saturated rings. The van der Waals surface area contributed by atoms with Gasteiger partial charge in [-0.25, -0.2) is 0 Å². The van der Waals surface area contributed by atoms with Crippen molar-refractivity contribution in [3.05, 3.63) is 68.7 Å². The van der Waals surface area contributed by atoms with E-state index in [0.29, 0.717) is 10.0 Å². The SMILES string of the molecule is CCCNC(c1cc(Cl)cc(Cl)c1)c1ccccc1Cl. The van der Waals surface area contributed by atoms with Crippen molar-refractivity contribution in [1.29, 1.82) is 0 Å². The summed E-state index contributed by atoms with van der Waals surface area (Å²) in [5.41, 5.74) is 2.05. The lowest BCUT2D eigenvalue weighted by molar-refractivity contribution is 0.599. The van der Waals surface area contributed by atoms with Crippen LogP contribution < -0.4 is 5.32 Å². The first-order valence-corrected chi connectivity index (χ1v) is 7.69. The third kappa shape index (κ3) is 3.89. The second-order valence-electron chi connectivity index (χ2n) is 4.61. The Kier molecular flexibility index (Phi) is 5.74. The van der Waals surface area contributed by atoms with E-state index in [2.05, 4.69) is 12.2 Å². The van der Waals surface area contributed by atoms with Crippen LogP contribution in [0.2, 0.25) is 15.1 Å². The molecule has 0 amide bonds. The Morgan fingerprint density at radius 1 is 1.00 bits per heavy atom. The quantitative estimate of drug-likeness (QED) is 0.738. The summed E-state index contributed by atoms with van der Waals surface area (Å²) in [6.45, 7) is 3.02. The van der Waals surface area contributed by atoms with Gasteiger partial charge in [0.25, 0.3) is 0 Å². The molecule has 106 valence electrons. The Labute approximate surface area is 134 Å². The molecule has 2 rings (SSSR count). The molecule has 0 aliphatic carbocycles. The lowest BCUT2D eigenvalue weighted by Gasteiger charge is -2.21. The van der Waals surface area contributed by atoms with Crippen LogP contribution in [0.3, 0.4) is 0 Å². The monoisotopic (exact) mass is 327 g/mol. The van der Waals surface area contributed by atoms with Gasteiger partial charge in [0, 0.05) is 15.1 Å². The largest absolute Gasteiger partial charge is 0.306 e. The van der Waals surface area contributed by atoms with Gasteiger partial charge in [-0.1, -0.05) is 59.9 Å². The van der Waals surface area contributed by atoms with Gasteiger partial charge in [0.2, 0.25) is 0 Å². The van der Waals surface area contributed by atoms with Gasteiger partial charge in [0.1, 0.15) is 0 Å². The lowest BCUT2D eigenvalue weighted by atomic mass is 9.98. The van der Waals surface area contributed by atoms with E-state index < -0.39 is 0 Å². The van der Waals surface area contributed by atoms with Gasteiger partial charge in [-0.2, -0.15) is 0 Å². The van der Waals surface area contributed by atoms with Crippen LogP contribution in [0.15, 0.2) is 42.5 Å². The summed E-state index contributed by atoms with van der Waals surface area (Å²) < 4.78 is 0. The van der Waals surface area contributed by atoms with E-state index in [9.17, 15) is 0 Å². The highest BCUT2D eigenvalue weighted by Gasteiger charge is 2.17. The smallest absolute Gasteiger partial charge is 0.0592 e. The van der Waals surface area contributed by atoms with E-state index in [1.807, 2.05) is 36.4 Å². The van der Waals surface area contributed by atoms with Crippen molar-refractivity contribution in [2.24, 2.45) is 0 Å². The highest BCUT2D eigenvalue weighted by atomic mass is 35.5. The summed E-state index contributed by atoms with van der Waals surface area (Å²) in [6, 6.07) is 13.4. The standard InChI is InChI=1S/C16H16Cl3N/c1-2-7-20-16(14-5-3-4-6-15(14)19)11-8-12(17)10-13(18)9-11/h3-6,8-10,16,20H,2,7H2,1H3. The molecule has 0 radical (unpaired) electrons. The van der Waals surface area contributed by atoms with Gasteiger partial charge < -0.3 is 5.32 Å². The van der Waals surface area contributed by atoms with Crippen molar-refractivity contribution >= 4 is 34.8 Å². The van der Waals surface area contributed by atoms with Gasteiger partial charge >= 0.3 is 0 Å². The van der Waals surface area contributed by atoms with Gasteiger partial charge in [0.15, 0.2) is 0 Å². The molecule has 4 heteroatoms. The minimum absolute atomic E-state index is 0.0140. The van der Waals surface area contributed by atoms with Crippen LogP contribution in [0.1, 0.15) is 30.5 Å². The maximum atomic E-state index is 6.32. The Balaban J connectivity index is 2.44. The van der Waals surface area contributed by atoms with E-state index in [4.69, 9.17) is 34.8 Å². The average molecular weight is 329 g/mol. The Bertz CT molecular complexity index is 563. The van der Waals surface area contributed by atoms with Crippen molar-refractivity contribution in [1.82, 2.24) is 5.32 Å². The van der Waals surface area contributed by atoms with E-state index >= 15 is 0 Å². The van der Waals surface area contributed by atoms with Crippen molar-refractivity contribution in [2.75, 3.05) is 6.54 Å². The van der Waals surface area contributed by atoms with Crippen LogP contribution in [0.25, 0.3) is 0 Å². The van der Waals surface area contributed by atoms with Crippen LogP contribution in [-0.2, 0) is 0 Å². The maximum Gasteiger partial charge on any atom is 0.0592 e. The number of hydrogen-bond acceptors (Lipinski definition) is 1. The molecule has 0 bridgehead atoms. The van der Waals surface area contributed by atoms with Crippen LogP contribution >= 0.6 is 34.8 Å². The van der Waals surface area contributed by atoms with Crippen molar-refractivity contribution in [2.45, 2.75) is 19.4 Å². The third-order valence-corrected chi connectivity index (χ3v) is 3.81. The molecule has 1 nitrogen and oxygen atoms in total. The van der Waals surface area contributed by atoms with Crippen LogP contribution in [0, 0.1) is 0 Å². The molecule has 0 aliphatic heterocycles. The fourth-order valence-electron chi connectivity index (χ4n) is 2.15. The first kappa shape index (κ1) is 15.7. The van der Waals surface area contributed by atoms with Crippen LogP contribution in [0.5, 0.6) is 0 Å². The zero-order valence-electron chi connectivity index (χ0n) is 11.2. The number of nitrogens with one attached hydrogen (secondary N) is 1. The molecule has 0 saturated carbocycles. The highest BCUT2D eigenvalue weighted by Crippen LogP contribution is 2.31. The molecule has 0 spiro atoms. The van der Waals surface area contributed by atoms with E-state index in [-0.39, 0.29) is 6.04 Å². The van der Waals surface area contributed by atoms with Crippen molar-refractivity contribution < 1.29 is 0 Å². The van der Waals surface area contributed by atoms with Crippen LogP contribution in [0.4, 0.5) is 0 Å². The van der Waals surface area contributed by atoms with Gasteiger partial charge in [-0.15, -0.1) is 0 Å². The highest BCUT2D eigenvalue weighted by molar-refractivity contribution is 6.34. The first-order valence-electron chi connectivity index (χ1n) is 6.55. The molecular formula is C16H16Cl3N. The van der Waals surface area contributed by atoms with E-state index in [1.165, 1.54) is 0 Å². The third-order valence-electron chi connectivity index (χ3n) is 3.03. The molecule has 2 aromatic carbocycles. The first-order chi connectivity index (χ1) is 9.61. The molecule has 0 saturated heterocycles. The normalized spacial score (nSPS) is 12.4. The molecular weight excluding hydrogens is 313 g/mol. The summed E-state index contributed by atoms with van der Waals surface area (Å²) in [5.74, 6) is 0. The van der Waals surface area contributed by atoms with E-state index in [0.717, 1.165) is 29.1 Å². The van der Waals surface area contributed by atoms with E-state index in [1.54, 1.807) is 6.07 Å².